The third-order valence-corrected chi connectivity index (χ3v) is 9.82. The number of carbonyl (C=O) groups excluding carboxylic acids is 2. The summed E-state index contributed by atoms with van der Waals surface area (Å²) in [4.78, 5) is 33.7. The quantitative estimate of drug-likeness (QED) is 0.648. The molecule has 6 fully saturated rings. The number of amides is 2. The van der Waals surface area contributed by atoms with Gasteiger partial charge in [0.15, 0.2) is 0 Å². The molecule has 1 aromatic carbocycles. The number of nitrogens with zero attached hydrogens (tertiary/aromatic N) is 3. The second kappa shape index (κ2) is 9.59. The van der Waals surface area contributed by atoms with E-state index in [9.17, 15) is 9.59 Å². The predicted molar refractivity (Wildman–Crippen MR) is 138 cm³/mol. The van der Waals surface area contributed by atoms with Crippen molar-refractivity contribution in [2.45, 2.75) is 57.4 Å². The van der Waals surface area contributed by atoms with Gasteiger partial charge in [0, 0.05) is 56.5 Å². The molecular formula is C28H39ClN4O2. The first-order valence-corrected chi connectivity index (χ1v) is 14.2. The molecule has 7 rings (SSSR count). The summed E-state index contributed by atoms with van der Waals surface area (Å²) in [7, 11) is 0. The van der Waals surface area contributed by atoms with E-state index >= 15 is 0 Å². The topological polar surface area (TPSA) is 55.9 Å². The number of benzene rings is 1. The molecule has 1 aromatic rings. The van der Waals surface area contributed by atoms with E-state index in [-0.39, 0.29) is 17.4 Å². The van der Waals surface area contributed by atoms with Crippen LogP contribution in [0.5, 0.6) is 0 Å². The fourth-order valence-electron chi connectivity index (χ4n) is 8.32. The zero-order chi connectivity index (χ0) is 24.0. The van der Waals surface area contributed by atoms with E-state index in [2.05, 4.69) is 21.2 Å². The van der Waals surface area contributed by atoms with E-state index in [4.69, 9.17) is 11.6 Å². The van der Waals surface area contributed by atoms with E-state index in [1.807, 2.05) is 23.1 Å². The lowest BCUT2D eigenvalue weighted by Gasteiger charge is -2.56. The van der Waals surface area contributed by atoms with Crippen molar-refractivity contribution in [1.29, 1.82) is 0 Å². The molecule has 35 heavy (non-hydrogen) atoms. The summed E-state index contributed by atoms with van der Waals surface area (Å²) in [6.45, 7) is 6.13. The molecule has 0 radical (unpaired) electrons. The van der Waals surface area contributed by atoms with Gasteiger partial charge in [-0.25, -0.2) is 0 Å². The van der Waals surface area contributed by atoms with Crippen LogP contribution < -0.4 is 10.2 Å². The van der Waals surface area contributed by atoms with Crippen molar-refractivity contribution in [1.82, 2.24) is 15.1 Å². The second-order valence-electron chi connectivity index (χ2n) is 12.0. The van der Waals surface area contributed by atoms with Crippen LogP contribution in [0.3, 0.4) is 0 Å². The monoisotopic (exact) mass is 498 g/mol. The van der Waals surface area contributed by atoms with Gasteiger partial charge in [0.05, 0.1) is 5.41 Å². The minimum Gasteiger partial charge on any atom is -0.369 e. The first kappa shape index (κ1) is 23.6. The van der Waals surface area contributed by atoms with Gasteiger partial charge in [-0.15, -0.1) is 0 Å². The number of hydrogen-bond acceptors (Lipinski definition) is 4. The fraction of sp³-hybridized carbons (Fsp3) is 0.714. The molecule has 2 aliphatic heterocycles. The van der Waals surface area contributed by atoms with Crippen molar-refractivity contribution in [3.05, 3.63) is 29.3 Å². The number of anilines is 1. The van der Waals surface area contributed by atoms with E-state index in [1.165, 1.54) is 24.9 Å². The largest absolute Gasteiger partial charge is 0.369 e. The van der Waals surface area contributed by atoms with E-state index in [0.717, 1.165) is 94.1 Å². The molecule has 6 aliphatic rings. The minimum atomic E-state index is -0.268. The Labute approximate surface area is 214 Å². The number of piperazine rings is 1. The molecule has 0 unspecified atom stereocenters. The first-order valence-electron chi connectivity index (χ1n) is 13.8. The Balaban J connectivity index is 0.987. The highest BCUT2D eigenvalue weighted by molar-refractivity contribution is 6.30. The SMILES string of the molecule is O=C(NCCN1CCN(c2cccc(Cl)c2)CC1)[C@@H]1CCCN1C(=O)C12CC3CC(CC(C3)C1)C2. The summed E-state index contributed by atoms with van der Waals surface area (Å²) in [6, 6.07) is 7.77. The number of nitrogens with one attached hydrogen (secondary N) is 1. The summed E-state index contributed by atoms with van der Waals surface area (Å²) >= 11 is 6.15. The Bertz CT molecular complexity index is 925. The van der Waals surface area contributed by atoms with Crippen LogP contribution >= 0.6 is 11.6 Å². The van der Waals surface area contributed by atoms with E-state index < -0.39 is 0 Å². The van der Waals surface area contributed by atoms with Crippen LogP contribution in [0.1, 0.15) is 51.4 Å². The van der Waals surface area contributed by atoms with Crippen LogP contribution in [0.2, 0.25) is 5.02 Å². The van der Waals surface area contributed by atoms with Crippen LogP contribution in [-0.4, -0.2) is 73.5 Å². The first-order chi connectivity index (χ1) is 17.0. The molecule has 4 aliphatic carbocycles. The molecule has 0 spiro atoms. The maximum absolute atomic E-state index is 13.8. The molecule has 2 saturated heterocycles. The van der Waals surface area contributed by atoms with Crippen LogP contribution in [-0.2, 0) is 9.59 Å². The van der Waals surface area contributed by atoms with Crippen molar-refractivity contribution in [3.8, 4) is 0 Å². The zero-order valence-electron chi connectivity index (χ0n) is 20.8. The van der Waals surface area contributed by atoms with Gasteiger partial charge >= 0.3 is 0 Å². The van der Waals surface area contributed by atoms with Gasteiger partial charge in [0.25, 0.3) is 0 Å². The number of carbonyl (C=O) groups is 2. The fourth-order valence-corrected chi connectivity index (χ4v) is 8.50. The molecule has 4 bridgehead atoms. The van der Waals surface area contributed by atoms with Crippen LogP contribution in [0.15, 0.2) is 24.3 Å². The van der Waals surface area contributed by atoms with Gasteiger partial charge in [-0.1, -0.05) is 17.7 Å². The maximum Gasteiger partial charge on any atom is 0.242 e. The number of hydrogen-bond donors (Lipinski definition) is 1. The predicted octanol–water partition coefficient (Wildman–Crippen LogP) is 3.79. The lowest BCUT2D eigenvalue weighted by Crippen LogP contribution is -2.57. The highest BCUT2D eigenvalue weighted by Crippen LogP contribution is 2.60. The summed E-state index contributed by atoms with van der Waals surface area (Å²) in [5, 5.41) is 3.95. The molecular weight excluding hydrogens is 460 g/mol. The lowest BCUT2D eigenvalue weighted by molar-refractivity contribution is -0.160. The molecule has 2 heterocycles. The van der Waals surface area contributed by atoms with Gasteiger partial charge in [-0.05, 0) is 87.3 Å². The third kappa shape index (κ3) is 4.69. The zero-order valence-corrected chi connectivity index (χ0v) is 21.5. The Morgan fingerprint density at radius 3 is 2.31 bits per heavy atom. The summed E-state index contributed by atoms with van der Waals surface area (Å²) in [6.07, 6.45) is 8.98. The Hall–Kier alpha value is -1.79. The van der Waals surface area contributed by atoms with Crippen molar-refractivity contribution in [2.75, 3.05) is 50.7 Å². The molecule has 6 nitrogen and oxygen atoms in total. The average Bonchev–Trinajstić information content (AvgIpc) is 3.33. The number of likely N-dealkylation sites (tertiary alicyclic amines) is 1. The molecule has 7 heteroatoms. The molecule has 0 aromatic heterocycles. The second-order valence-corrected chi connectivity index (χ2v) is 12.4. The van der Waals surface area contributed by atoms with Crippen molar-refractivity contribution in [2.24, 2.45) is 23.2 Å². The highest BCUT2D eigenvalue weighted by atomic mass is 35.5. The maximum atomic E-state index is 13.8. The summed E-state index contributed by atoms with van der Waals surface area (Å²) < 4.78 is 0. The average molecular weight is 499 g/mol. The summed E-state index contributed by atoms with van der Waals surface area (Å²) in [5.41, 5.74) is 1.02. The Morgan fingerprint density at radius 1 is 0.971 bits per heavy atom. The normalized spacial score (nSPS) is 34.4. The molecule has 4 saturated carbocycles. The van der Waals surface area contributed by atoms with Crippen LogP contribution in [0.25, 0.3) is 0 Å². The van der Waals surface area contributed by atoms with Crippen molar-refractivity contribution < 1.29 is 9.59 Å². The number of halogens is 1. The molecule has 2 amide bonds. The Morgan fingerprint density at radius 2 is 1.66 bits per heavy atom. The third-order valence-electron chi connectivity index (χ3n) is 9.58. The van der Waals surface area contributed by atoms with E-state index in [0.29, 0.717) is 12.5 Å². The highest BCUT2D eigenvalue weighted by Gasteiger charge is 2.56. The van der Waals surface area contributed by atoms with Crippen molar-refractivity contribution in [3.63, 3.8) is 0 Å². The standard InChI is InChI=1S/C28H39ClN4O2/c29-23-3-1-4-24(16-23)32-11-9-31(10-12-32)8-6-30-26(34)25-5-2-7-33(25)27(35)28-17-20-13-21(18-28)15-22(14-20)19-28/h1,3-4,16,20-22,25H,2,5-15,17-19H2,(H,30,34)/t20?,21?,22?,25-,28?/m0/s1. The van der Waals surface area contributed by atoms with Gasteiger partial charge in [0.1, 0.15) is 6.04 Å². The number of rotatable bonds is 6. The summed E-state index contributed by atoms with van der Waals surface area (Å²) in [5.74, 6) is 2.61. The molecule has 1 atom stereocenters. The van der Waals surface area contributed by atoms with Crippen molar-refractivity contribution >= 4 is 29.1 Å². The van der Waals surface area contributed by atoms with E-state index in [1.54, 1.807) is 0 Å². The Kier molecular flexibility index (Phi) is 6.46. The van der Waals surface area contributed by atoms with Gasteiger partial charge in [-0.2, -0.15) is 0 Å². The smallest absolute Gasteiger partial charge is 0.242 e. The molecule has 1 N–H and O–H groups in total. The van der Waals surface area contributed by atoms with Crippen LogP contribution in [0.4, 0.5) is 5.69 Å². The van der Waals surface area contributed by atoms with Gasteiger partial charge < -0.3 is 15.1 Å². The minimum absolute atomic E-state index is 0.0538. The van der Waals surface area contributed by atoms with Gasteiger partial charge in [0.2, 0.25) is 11.8 Å². The van der Waals surface area contributed by atoms with Crippen LogP contribution in [0, 0.1) is 23.2 Å². The lowest BCUT2D eigenvalue weighted by atomic mass is 9.49. The van der Waals surface area contributed by atoms with Gasteiger partial charge in [-0.3, -0.25) is 14.5 Å². The molecule has 190 valence electrons.